The summed E-state index contributed by atoms with van der Waals surface area (Å²) in [7, 11) is 0. The topological polar surface area (TPSA) is 73.8 Å². The van der Waals surface area contributed by atoms with Gasteiger partial charge in [0.1, 0.15) is 11.3 Å². The Bertz CT molecular complexity index is 621. The normalized spacial score (nSPS) is 12.8. The maximum Gasteiger partial charge on any atom is 0.217 e. The quantitative estimate of drug-likeness (QED) is 0.657. The summed E-state index contributed by atoms with van der Waals surface area (Å²) in [4.78, 5) is 19.8. The number of nitrogens with two attached hydrogens (primary N) is 1. The van der Waals surface area contributed by atoms with Crippen molar-refractivity contribution in [2.75, 3.05) is 0 Å². The van der Waals surface area contributed by atoms with E-state index < -0.39 is 0 Å². The Hall–Kier alpha value is -1.62. The number of carbonyl (C=O) groups is 1. The summed E-state index contributed by atoms with van der Waals surface area (Å²) >= 11 is 6.21. The number of alkyl halides is 1. The number of unbranched alkanes of at least 4 members (excludes halogenated alkanes) is 1. The number of carbonyl (C=O) groups excluding carboxylic acids is 1. The number of primary amides is 1. The van der Waals surface area contributed by atoms with Crippen molar-refractivity contribution in [3.8, 4) is 0 Å². The molecule has 0 saturated carbocycles. The zero-order valence-electron chi connectivity index (χ0n) is 11.8. The van der Waals surface area contributed by atoms with Gasteiger partial charge < -0.3 is 10.3 Å². The van der Waals surface area contributed by atoms with Crippen LogP contribution in [-0.2, 0) is 11.3 Å². The number of aromatic nitrogens is 3. The van der Waals surface area contributed by atoms with Crippen LogP contribution in [0.4, 0.5) is 0 Å². The lowest BCUT2D eigenvalue weighted by Crippen LogP contribution is -2.11. The van der Waals surface area contributed by atoms with E-state index in [-0.39, 0.29) is 11.3 Å². The van der Waals surface area contributed by atoms with Crippen molar-refractivity contribution >= 4 is 28.7 Å². The fourth-order valence-corrected chi connectivity index (χ4v) is 2.42. The molecular weight excluding hydrogens is 276 g/mol. The predicted octanol–water partition coefficient (Wildman–Crippen LogP) is 2.70. The third-order valence-electron chi connectivity index (χ3n) is 3.28. The molecule has 5 nitrogen and oxygen atoms in total. The van der Waals surface area contributed by atoms with Crippen molar-refractivity contribution in [3.63, 3.8) is 0 Å². The van der Waals surface area contributed by atoms with Gasteiger partial charge in [0.15, 0.2) is 5.65 Å². The van der Waals surface area contributed by atoms with Gasteiger partial charge in [-0.1, -0.05) is 0 Å². The second kappa shape index (κ2) is 6.22. The summed E-state index contributed by atoms with van der Waals surface area (Å²) < 4.78 is 2.04. The van der Waals surface area contributed by atoms with Gasteiger partial charge in [0, 0.05) is 19.2 Å². The Morgan fingerprint density at radius 3 is 2.90 bits per heavy atom. The van der Waals surface area contributed by atoms with Crippen LogP contribution < -0.4 is 5.73 Å². The number of aryl methyl sites for hydroxylation is 2. The Morgan fingerprint density at radius 1 is 1.50 bits per heavy atom. The summed E-state index contributed by atoms with van der Waals surface area (Å²) in [5, 5.41) is -0.181. The largest absolute Gasteiger partial charge is 0.370 e. The van der Waals surface area contributed by atoms with Gasteiger partial charge in [-0.25, -0.2) is 9.97 Å². The molecule has 2 N–H and O–H groups in total. The van der Waals surface area contributed by atoms with E-state index in [1.54, 1.807) is 6.20 Å². The van der Waals surface area contributed by atoms with E-state index in [9.17, 15) is 4.79 Å². The van der Waals surface area contributed by atoms with Crippen LogP contribution in [0.3, 0.4) is 0 Å². The maximum atomic E-state index is 10.8. The summed E-state index contributed by atoms with van der Waals surface area (Å²) in [6.45, 7) is 4.65. The number of fused-ring (bicyclic) bond motifs is 1. The Kier molecular flexibility index (Phi) is 4.60. The van der Waals surface area contributed by atoms with Crippen LogP contribution in [0.15, 0.2) is 12.3 Å². The lowest BCUT2D eigenvalue weighted by molar-refractivity contribution is -0.118. The van der Waals surface area contributed by atoms with E-state index in [0.717, 1.165) is 41.9 Å². The number of hydrogen-bond acceptors (Lipinski definition) is 3. The Labute approximate surface area is 123 Å². The van der Waals surface area contributed by atoms with Crippen LogP contribution >= 0.6 is 11.6 Å². The van der Waals surface area contributed by atoms with E-state index in [4.69, 9.17) is 17.3 Å². The first kappa shape index (κ1) is 14.8. The smallest absolute Gasteiger partial charge is 0.217 e. The van der Waals surface area contributed by atoms with Crippen LogP contribution in [0.5, 0.6) is 0 Å². The minimum Gasteiger partial charge on any atom is -0.370 e. The van der Waals surface area contributed by atoms with Gasteiger partial charge in [-0.2, -0.15) is 0 Å². The number of nitrogens with zero attached hydrogens (tertiary/aromatic N) is 3. The van der Waals surface area contributed by atoms with Crippen molar-refractivity contribution < 1.29 is 4.79 Å². The molecule has 1 unspecified atom stereocenters. The summed E-state index contributed by atoms with van der Waals surface area (Å²) in [6, 6.07) is 1.94. The van der Waals surface area contributed by atoms with Crippen molar-refractivity contribution in [1.29, 1.82) is 0 Å². The molecule has 0 saturated heterocycles. The maximum absolute atomic E-state index is 10.8. The lowest BCUT2D eigenvalue weighted by atomic mass is 10.2. The molecule has 2 aromatic heterocycles. The third-order valence-corrected chi connectivity index (χ3v) is 3.47. The summed E-state index contributed by atoms with van der Waals surface area (Å²) in [5.74, 6) is 0.558. The van der Waals surface area contributed by atoms with E-state index in [1.807, 2.05) is 24.5 Å². The molecule has 0 bridgehead atoms. The lowest BCUT2D eigenvalue weighted by Gasteiger charge is -2.09. The molecular formula is C14H19ClN4O. The van der Waals surface area contributed by atoms with Gasteiger partial charge >= 0.3 is 0 Å². The van der Waals surface area contributed by atoms with E-state index in [2.05, 4.69) is 9.97 Å². The fourth-order valence-electron chi connectivity index (χ4n) is 2.25. The standard InChI is InChI=1S/C14H19ClN4O/c1-9-6-7-17-14-12(9)18-13(10(2)15)19(14)8-4-3-5-11(16)20/h6-7,10H,3-5,8H2,1-2H3,(H2,16,20). The molecule has 0 aliphatic heterocycles. The molecule has 0 spiro atoms. The fraction of sp³-hybridized carbons (Fsp3) is 0.500. The monoisotopic (exact) mass is 294 g/mol. The highest BCUT2D eigenvalue weighted by Gasteiger charge is 2.16. The predicted molar refractivity (Wildman–Crippen MR) is 79.6 cm³/mol. The molecule has 108 valence electrons. The first-order chi connectivity index (χ1) is 9.50. The molecule has 20 heavy (non-hydrogen) atoms. The van der Waals surface area contributed by atoms with Gasteiger partial charge in [-0.3, -0.25) is 4.79 Å². The molecule has 0 radical (unpaired) electrons. The molecule has 0 fully saturated rings. The zero-order chi connectivity index (χ0) is 14.7. The van der Waals surface area contributed by atoms with Gasteiger partial charge in [0.25, 0.3) is 0 Å². The Morgan fingerprint density at radius 2 is 2.25 bits per heavy atom. The van der Waals surface area contributed by atoms with E-state index in [0.29, 0.717) is 6.42 Å². The minimum absolute atomic E-state index is 0.181. The van der Waals surface area contributed by atoms with Crippen molar-refractivity contribution in [1.82, 2.24) is 14.5 Å². The van der Waals surface area contributed by atoms with Gasteiger partial charge in [0.05, 0.1) is 5.38 Å². The summed E-state index contributed by atoms with van der Waals surface area (Å²) in [5.41, 5.74) is 7.98. The molecule has 1 amide bonds. The zero-order valence-corrected chi connectivity index (χ0v) is 12.5. The van der Waals surface area contributed by atoms with Gasteiger partial charge in [0.2, 0.25) is 5.91 Å². The number of rotatable bonds is 6. The number of hydrogen-bond donors (Lipinski definition) is 1. The average Bonchev–Trinajstić information content (AvgIpc) is 2.75. The van der Waals surface area contributed by atoms with Gasteiger partial charge in [-0.15, -0.1) is 11.6 Å². The molecule has 2 aromatic rings. The van der Waals surface area contributed by atoms with E-state index in [1.165, 1.54) is 0 Å². The second-order valence-corrected chi connectivity index (χ2v) is 5.62. The summed E-state index contributed by atoms with van der Waals surface area (Å²) in [6.07, 6.45) is 3.80. The van der Waals surface area contributed by atoms with Crippen LogP contribution in [0.2, 0.25) is 0 Å². The van der Waals surface area contributed by atoms with Crippen molar-refractivity contribution in [2.45, 2.75) is 45.0 Å². The highest BCUT2D eigenvalue weighted by Crippen LogP contribution is 2.25. The van der Waals surface area contributed by atoms with Crippen molar-refractivity contribution in [3.05, 3.63) is 23.7 Å². The second-order valence-electron chi connectivity index (χ2n) is 4.96. The highest BCUT2D eigenvalue weighted by molar-refractivity contribution is 6.20. The first-order valence-electron chi connectivity index (χ1n) is 6.75. The van der Waals surface area contributed by atoms with E-state index >= 15 is 0 Å². The Balaban J connectivity index is 2.27. The average molecular weight is 295 g/mol. The van der Waals surface area contributed by atoms with Crippen LogP contribution in [0, 0.1) is 6.92 Å². The number of halogens is 1. The number of amides is 1. The minimum atomic E-state index is -0.264. The van der Waals surface area contributed by atoms with Crippen LogP contribution in [0.1, 0.15) is 43.0 Å². The number of pyridine rings is 1. The molecule has 2 heterocycles. The number of imidazole rings is 1. The molecule has 6 heteroatoms. The highest BCUT2D eigenvalue weighted by atomic mass is 35.5. The SMILES string of the molecule is Cc1ccnc2c1nc(C(C)Cl)n2CCCCC(N)=O. The molecule has 1 atom stereocenters. The molecule has 0 aliphatic carbocycles. The van der Waals surface area contributed by atoms with Gasteiger partial charge in [-0.05, 0) is 38.3 Å². The van der Waals surface area contributed by atoms with Crippen molar-refractivity contribution in [2.24, 2.45) is 5.73 Å². The molecule has 0 aromatic carbocycles. The van der Waals surface area contributed by atoms with Crippen LogP contribution in [0.25, 0.3) is 11.2 Å². The third kappa shape index (κ3) is 3.10. The van der Waals surface area contributed by atoms with Crippen LogP contribution in [-0.4, -0.2) is 20.4 Å². The molecule has 2 rings (SSSR count). The molecule has 0 aliphatic rings. The first-order valence-corrected chi connectivity index (χ1v) is 7.18.